The Labute approximate surface area is 123 Å². The molecule has 0 aliphatic heterocycles. The smallest absolute Gasteiger partial charge is 0.441 e. The summed E-state index contributed by atoms with van der Waals surface area (Å²) in [5.74, 6) is -1.83. The minimum atomic E-state index is -1.11. The highest BCUT2D eigenvalue weighted by Crippen LogP contribution is 2.06. The van der Waals surface area contributed by atoms with Gasteiger partial charge in [0, 0.05) is 6.42 Å². The summed E-state index contributed by atoms with van der Waals surface area (Å²) in [5, 5.41) is 0. The zero-order valence-corrected chi connectivity index (χ0v) is 12.3. The first-order valence-corrected chi connectivity index (χ1v) is 6.55. The Hall–Kier alpha value is -2.37. The molecule has 1 N–H and O–H groups in total. The largest absolute Gasteiger partial charge is 0.442 e. The molecule has 0 saturated heterocycles. The highest BCUT2D eigenvalue weighted by molar-refractivity contribution is 6.33. The van der Waals surface area contributed by atoms with E-state index in [4.69, 9.17) is 4.74 Å². The lowest BCUT2D eigenvalue weighted by atomic mass is 10.1. The van der Waals surface area contributed by atoms with Gasteiger partial charge in [-0.2, -0.15) is 0 Å². The topological polar surface area (TPSA) is 81.7 Å². The summed E-state index contributed by atoms with van der Waals surface area (Å²) in [7, 11) is 0. The maximum absolute atomic E-state index is 11.5. The van der Waals surface area contributed by atoms with E-state index < -0.39 is 23.4 Å². The molecule has 114 valence electrons. The van der Waals surface area contributed by atoms with Crippen LogP contribution in [0.15, 0.2) is 30.3 Å². The number of carbonyl (C=O) groups is 3. The van der Waals surface area contributed by atoms with Gasteiger partial charge in [0.05, 0.1) is 0 Å². The van der Waals surface area contributed by atoms with Crippen molar-refractivity contribution in [2.75, 3.05) is 0 Å². The van der Waals surface area contributed by atoms with Crippen LogP contribution in [0.1, 0.15) is 32.8 Å². The van der Waals surface area contributed by atoms with Crippen LogP contribution < -0.4 is 5.48 Å². The molecular formula is C15H19NO5. The van der Waals surface area contributed by atoms with Crippen molar-refractivity contribution in [1.29, 1.82) is 0 Å². The number of hydrogen-bond acceptors (Lipinski definition) is 5. The quantitative estimate of drug-likeness (QED) is 0.679. The normalized spacial score (nSPS) is 10.6. The molecule has 0 heterocycles. The van der Waals surface area contributed by atoms with Gasteiger partial charge in [0.15, 0.2) is 0 Å². The summed E-state index contributed by atoms with van der Waals surface area (Å²) in [6.45, 7) is 5.00. The third-order valence-electron chi connectivity index (χ3n) is 2.34. The summed E-state index contributed by atoms with van der Waals surface area (Å²) in [4.78, 5) is 38.6. The SMILES string of the molecule is CC(C)(C)OC(=O)NOC(=O)C(=O)CCc1ccccc1. The fourth-order valence-corrected chi connectivity index (χ4v) is 1.45. The number of hydroxylamine groups is 1. The van der Waals surface area contributed by atoms with Gasteiger partial charge in [0.2, 0.25) is 5.78 Å². The van der Waals surface area contributed by atoms with E-state index in [0.29, 0.717) is 6.42 Å². The number of nitrogens with one attached hydrogen (secondary N) is 1. The van der Waals surface area contributed by atoms with Gasteiger partial charge in [-0.05, 0) is 32.8 Å². The predicted octanol–water partition coefficient (Wildman–Crippen LogP) is 2.17. The molecule has 6 heteroatoms. The molecule has 0 atom stereocenters. The second-order valence-corrected chi connectivity index (χ2v) is 5.40. The molecule has 0 spiro atoms. The third kappa shape index (κ3) is 7.10. The van der Waals surface area contributed by atoms with Crippen molar-refractivity contribution in [3.05, 3.63) is 35.9 Å². The summed E-state index contributed by atoms with van der Waals surface area (Å²) in [5.41, 5.74) is 2.02. The first-order valence-electron chi connectivity index (χ1n) is 6.55. The minimum Gasteiger partial charge on any atom is -0.442 e. The van der Waals surface area contributed by atoms with Crippen molar-refractivity contribution in [2.45, 2.75) is 39.2 Å². The van der Waals surface area contributed by atoms with Gasteiger partial charge in [-0.3, -0.25) is 4.79 Å². The maximum atomic E-state index is 11.5. The maximum Gasteiger partial charge on any atom is 0.441 e. The van der Waals surface area contributed by atoms with Crippen LogP contribution in [0, 0.1) is 0 Å². The van der Waals surface area contributed by atoms with E-state index in [0.717, 1.165) is 5.56 Å². The number of aryl methyl sites for hydroxylation is 1. The molecule has 0 aliphatic rings. The highest BCUT2D eigenvalue weighted by Gasteiger charge is 2.20. The fraction of sp³-hybridized carbons (Fsp3) is 0.400. The van der Waals surface area contributed by atoms with Crippen molar-refractivity contribution in [1.82, 2.24) is 5.48 Å². The van der Waals surface area contributed by atoms with Gasteiger partial charge in [-0.25, -0.2) is 9.59 Å². The minimum absolute atomic E-state index is 0.0127. The van der Waals surface area contributed by atoms with E-state index in [1.807, 2.05) is 30.3 Å². The van der Waals surface area contributed by atoms with Crippen LogP contribution >= 0.6 is 0 Å². The van der Waals surface area contributed by atoms with Gasteiger partial charge in [-0.15, -0.1) is 5.48 Å². The van der Waals surface area contributed by atoms with E-state index in [-0.39, 0.29) is 6.42 Å². The number of benzene rings is 1. The number of hydrogen-bond donors (Lipinski definition) is 1. The van der Waals surface area contributed by atoms with Crippen LogP contribution in [-0.2, 0) is 25.6 Å². The second kappa shape index (κ2) is 7.42. The van der Waals surface area contributed by atoms with Crippen LogP contribution in [0.3, 0.4) is 0 Å². The lowest BCUT2D eigenvalue weighted by Crippen LogP contribution is -2.35. The average Bonchev–Trinajstić information content (AvgIpc) is 2.41. The average molecular weight is 293 g/mol. The Morgan fingerprint density at radius 1 is 1.10 bits per heavy atom. The summed E-state index contributed by atoms with van der Waals surface area (Å²) < 4.78 is 4.86. The highest BCUT2D eigenvalue weighted by atomic mass is 16.7. The molecule has 0 fully saturated rings. The van der Waals surface area contributed by atoms with Crippen molar-refractivity contribution >= 4 is 17.8 Å². The van der Waals surface area contributed by atoms with Crippen LogP contribution in [0.4, 0.5) is 4.79 Å². The van der Waals surface area contributed by atoms with Crippen molar-refractivity contribution in [3.8, 4) is 0 Å². The van der Waals surface area contributed by atoms with Crippen LogP contribution in [-0.4, -0.2) is 23.4 Å². The number of Topliss-reactive ketones (excluding diaryl/α,β-unsaturated/α-hetero) is 1. The summed E-state index contributed by atoms with van der Waals surface area (Å²) in [6.07, 6.45) is -0.480. The molecule has 1 aromatic carbocycles. The van der Waals surface area contributed by atoms with Gasteiger partial charge in [-0.1, -0.05) is 30.3 Å². The van der Waals surface area contributed by atoms with E-state index in [1.54, 1.807) is 26.3 Å². The fourth-order valence-electron chi connectivity index (χ4n) is 1.45. The van der Waals surface area contributed by atoms with Crippen molar-refractivity contribution < 1.29 is 24.0 Å². The zero-order valence-electron chi connectivity index (χ0n) is 12.3. The lowest BCUT2D eigenvalue weighted by Gasteiger charge is -2.18. The third-order valence-corrected chi connectivity index (χ3v) is 2.34. The molecule has 0 saturated carbocycles. The summed E-state index contributed by atoms with van der Waals surface area (Å²) >= 11 is 0. The van der Waals surface area contributed by atoms with E-state index in [2.05, 4.69) is 4.84 Å². The molecular weight excluding hydrogens is 274 g/mol. The zero-order chi connectivity index (χ0) is 15.9. The number of ether oxygens (including phenoxy) is 1. The molecule has 0 unspecified atom stereocenters. The number of amides is 1. The first-order chi connectivity index (χ1) is 9.78. The molecule has 1 amide bonds. The van der Waals surface area contributed by atoms with Gasteiger partial charge in [0.25, 0.3) is 0 Å². The first kappa shape index (κ1) is 16.7. The van der Waals surface area contributed by atoms with Crippen LogP contribution in [0.25, 0.3) is 0 Å². The van der Waals surface area contributed by atoms with Crippen molar-refractivity contribution in [2.24, 2.45) is 0 Å². The van der Waals surface area contributed by atoms with E-state index >= 15 is 0 Å². The van der Waals surface area contributed by atoms with Crippen LogP contribution in [0.5, 0.6) is 0 Å². The molecule has 21 heavy (non-hydrogen) atoms. The molecule has 0 aromatic heterocycles. The Balaban J connectivity index is 2.32. The van der Waals surface area contributed by atoms with Crippen molar-refractivity contribution in [3.63, 3.8) is 0 Å². The van der Waals surface area contributed by atoms with Gasteiger partial charge >= 0.3 is 12.1 Å². The molecule has 1 rings (SSSR count). The monoisotopic (exact) mass is 293 g/mol. The van der Waals surface area contributed by atoms with E-state index in [9.17, 15) is 14.4 Å². The predicted molar refractivity (Wildman–Crippen MR) is 75.2 cm³/mol. The number of carbonyl (C=O) groups excluding carboxylic acids is 3. The molecule has 0 radical (unpaired) electrons. The van der Waals surface area contributed by atoms with Gasteiger partial charge in [0.1, 0.15) is 5.60 Å². The van der Waals surface area contributed by atoms with Gasteiger partial charge < -0.3 is 9.57 Å². The Kier molecular flexibility index (Phi) is 5.90. The lowest BCUT2D eigenvalue weighted by molar-refractivity contribution is -0.158. The molecule has 6 nitrogen and oxygen atoms in total. The second-order valence-electron chi connectivity index (χ2n) is 5.40. The van der Waals surface area contributed by atoms with Crippen LogP contribution in [0.2, 0.25) is 0 Å². The Morgan fingerprint density at radius 2 is 1.71 bits per heavy atom. The molecule has 0 aliphatic carbocycles. The molecule has 1 aromatic rings. The standard InChI is InChI=1S/C15H19NO5/c1-15(2,3)20-14(19)16-21-13(18)12(17)10-9-11-7-5-4-6-8-11/h4-8H,9-10H2,1-3H3,(H,16,19). The number of ketones is 1. The Morgan fingerprint density at radius 3 is 2.29 bits per heavy atom. The molecule has 0 bridgehead atoms. The Bertz CT molecular complexity index is 505. The summed E-state index contributed by atoms with van der Waals surface area (Å²) in [6, 6.07) is 9.28. The number of rotatable bonds is 4. The van der Waals surface area contributed by atoms with E-state index in [1.165, 1.54) is 0 Å².